The SMILES string of the molecule is CC(C)C1CCN(C(=O)C2CNCc3ccccc32)C1. The molecule has 2 heterocycles. The standard InChI is InChI=1S/C17H24N2O/c1-12(2)14-7-8-19(11-14)17(20)16-10-18-9-13-5-3-4-6-15(13)16/h3-6,12,14,16,18H,7-11H2,1-2H3. The maximum absolute atomic E-state index is 12.8. The number of amides is 1. The fourth-order valence-corrected chi connectivity index (χ4v) is 3.47. The van der Waals surface area contributed by atoms with Crippen LogP contribution in [0.3, 0.4) is 0 Å². The van der Waals surface area contributed by atoms with Crippen molar-refractivity contribution in [1.29, 1.82) is 0 Å². The van der Waals surface area contributed by atoms with Gasteiger partial charge in [-0.2, -0.15) is 0 Å². The number of hydrogen-bond acceptors (Lipinski definition) is 2. The highest BCUT2D eigenvalue weighted by Gasteiger charge is 2.34. The van der Waals surface area contributed by atoms with E-state index < -0.39 is 0 Å². The molecule has 20 heavy (non-hydrogen) atoms. The van der Waals surface area contributed by atoms with Gasteiger partial charge in [0, 0.05) is 26.2 Å². The van der Waals surface area contributed by atoms with E-state index in [2.05, 4.69) is 42.3 Å². The molecule has 0 radical (unpaired) electrons. The van der Waals surface area contributed by atoms with E-state index in [-0.39, 0.29) is 5.92 Å². The molecule has 2 atom stereocenters. The molecule has 0 saturated carbocycles. The minimum atomic E-state index is 0.00543. The van der Waals surface area contributed by atoms with Crippen molar-refractivity contribution in [1.82, 2.24) is 10.2 Å². The molecule has 1 aromatic carbocycles. The third-order valence-electron chi connectivity index (χ3n) is 4.87. The van der Waals surface area contributed by atoms with E-state index in [4.69, 9.17) is 0 Å². The predicted octanol–water partition coefficient (Wildman–Crippen LogP) is 2.38. The third-order valence-corrected chi connectivity index (χ3v) is 4.87. The predicted molar refractivity (Wildman–Crippen MR) is 80.4 cm³/mol. The molecule has 0 bridgehead atoms. The highest BCUT2D eigenvalue weighted by Crippen LogP contribution is 2.30. The van der Waals surface area contributed by atoms with Gasteiger partial charge >= 0.3 is 0 Å². The van der Waals surface area contributed by atoms with Crippen LogP contribution in [0.5, 0.6) is 0 Å². The van der Waals surface area contributed by atoms with Gasteiger partial charge in [-0.25, -0.2) is 0 Å². The highest BCUT2D eigenvalue weighted by atomic mass is 16.2. The third kappa shape index (κ3) is 2.47. The van der Waals surface area contributed by atoms with E-state index in [0.29, 0.717) is 17.7 Å². The molecule has 1 fully saturated rings. The van der Waals surface area contributed by atoms with Crippen molar-refractivity contribution in [3.63, 3.8) is 0 Å². The lowest BCUT2D eigenvalue weighted by atomic mass is 9.90. The Bertz CT molecular complexity index is 498. The van der Waals surface area contributed by atoms with Crippen molar-refractivity contribution in [3.05, 3.63) is 35.4 Å². The van der Waals surface area contributed by atoms with Gasteiger partial charge in [0.05, 0.1) is 5.92 Å². The fraction of sp³-hybridized carbons (Fsp3) is 0.588. The average Bonchev–Trinajstić information content (AvgIpc) is 2.96. The van der Waals surface area contributed by atoms with Crippen molar-refractivity contribution in [3.8, 4) is 0 Å². The summed E-state index contributed by atoms with van der Waals surface area (Å²) in [6, 6.07) is 8.35. The van der Waals surface area contributed by atoms with Crippen molar-refractivity contribution in [2.45, 2.75) is 32.7 Å². The summed E-state index contributed by atoms with van der Waals surface area (Å²) in [6.07, 6.45) is 1.16. The number of benzene rings is 1. The van der Waals surface area contributed by atoms with Crippen LogP contribution in [0.1, 0.15) is 37.3 Å². The molecule has 0 spiro atoms. The number of rotatable bonds is 2. The topological polar surface area (TPSA) is 32.3 Å². The van der Waals surface area contributed by atoms with E-state index >= 15 is 0 Å². The van der Waals surface area contributed by atoms with Crippen LogP contribution in [-0.2, 0) is 11.3 Å². The largest absolute Gasteiger partial charge is 0.342 e. The van der Waals surface area contributed by atoms with Gasteiger partial charge in [-0.05, 0) is 29.4 Å². The molecule has 3 nitrogen and oxygen atoms in total. The Morgan fingerprint density at radius 2 is 2.15 bits per heavy atom. The van der Waals surface area contributed by atoms with Crippen LogP contribution in [0.15, 0.2) is 24.3 Å². The number of nitrogens with one attached hydrogen (secondary N) is 1. The lowest BCUT2D eigenvalue weighted by molar-refractivity contribution is -0.132. The Hall–Kier alpha value is -1.35. The molecule has 3 rings (SSSR count). The summed E-state index contributed by atoms with van der Waals surface area (Å²) in [5.41, 5.74) is 2.50. The van der Waals surface area contributed by atoms with Crippen molar-refractivity contribution in [2.75, 3.05) is 19.6 Å². The van der Waals surface area contributed by atoms with Gasteiger partial charge in [-0.15, -0.1) is 0 Å². The molecule has 2 aliphatic rings. The smallest absolute Gasteiger partial charge is 0.231 e. The van der Waals surface area contributed by atoms with Gasteiger partial charge in [0.25, 0.3) is 0 Å². The lowest BCUT2D eigenvalue weighted by Crippen LogP contribution is -2.40. The first-order valence-corrected chi connectivity index (χ1v) is 7.74. The molecule has 0 aliphatic carbocycles. The quantitative estimate of drug-likeness (QED) is 0.896. The molecular formula is C17H24N2O. The molecule has 1 N–H and O–H groups in total. The summed E-state index contributed by atoms with van der Waals surface area (Å²) in [4.78, 5) is 14.9. The number of carbonyl (C=O) groups is 1. The number of nitrogens with zero attached hydrogens (tertiary/aromatic N) is 1. The number of carbonyl (C=O) groups excluding carboxylic acids is 1. The second-order valence-corrected chi connectivity index (χ2v) is 6.46. The second kappa shape index (κ2) is 5.57. The summed E-state index contributed by atoms with van der Waals surface area (Å²) in [5.74, 6) is 1.66. The van der Waals surface area contributed by atoms with Gasteiger partial charge in [0.2, 0.25) is 5.91 Å². The van der Waals surface area contributed by atoms with Crippen LogP contribution in [0.2, 0.25) is 0 Å². The van der Waals surface area contributed by atoms with Crippen molar-refractivity contribution in [2.24, 2.45) is 11.8 Å². The Morgan fingerprint density at radius 3 is 2.90 bits per heavy atom. The van der Waals surface area contributed by atoms with E-state index in [1.807, 2.05) is 6.07 Å². The molecule has 108 valence electrons. The highest BCUT2D eigenvalue weighted by molar-refractivity contribution is 5.85. The van der Waals surface area contributed by atoms with Crippen LogP contribution in [0.25, 0.3) is 0 Å². The Kier molecular flexibility index (Phi) is 3.79. The van der Waals surface area contributed by atoms with Gasteiger partial charge in [-0.3, -0.25) is 4.79 Å². The van der Waals surface area contributed by atoms with E-state index in [0.717, 1.165) is 32.6 Å². The molecule has 3 heteroatoms. The first-order valence-electron chi connectivity index (χ1n) is 7.74. The van der Waals surface area contributed by atoms with Crippen molar-refractivity contribution >= 4 is 5.91 Å². The van der Waals surface area contributed by atoms with Crippen LogP contribution < -0.4 is 5.32 Å². The first-order chi connectivity index (χ1) is 9.66. The maximum atomic E-state index is 12.8. The lowest BCUT2D eigenvalue weighted by Gasteiger charge is -2.29. The second-order valence-electron chi connectivity index (χ2n) is 6.46. The van der Waals surface area contributed by atoms with Crippen LogP contribution in [0, 0.1) is 11.8 Å². The summed E-state index contributed by atoms with van der Waals surface area (Å²) < 4.78 is 0. The Labute approximate surface area is 121 Å². The molecule has 1 amide bonds. The van der Waals surface area contributed by atoms with Crippen LogP contribution >= 0.6 is 0 Å². The Balaban J connectivity index is 1.76. The number of hydrogen-bond donors (Lipinski definition) is 1. The fourth-order valence-electron chi connectivity index (χ4n) is 3.47. The van der Waals surface area contributed by atoms with Gasteiger partial charge in [0.1, 0.15) is 0 Å². The van der Waals surface area contributed by atoms with Crippen LogP contribution in [0.4, 0.5) is 0 Å². The molecule has 1 saturated heterocycles. The van der Waals surface area contributed by atoms with Crippen molar-refractivity contribution < 1.29 is 4.79 Å². The van der Waals surface area contributed by atoms with E-state index in [9.17, 15) is 4.79 Å². The normalized spacial score (nSPS) is 25.9. The molecule has 2 aliphatic heterocycles. The summed E-state index contributed by atoms with van der Waals surface area (Å²) in [5, 5.41) is 3.38. The molecule has 1 aromatic rings. The van der Waals surface area contributed by atoms with E-state index in [1.54, 1.807) is 0 Å². The number of fused-ring (bicyclic) bond motifs is 1. The van der Waals surface area contributed by atoms with Gasteiger partial charge in [-0.1, -0.05) is 38.1 Å². The van der Waals surface area contributed by atoms with Gasteiger partial charge < -0.3 is 10.2 Å². The first kappa shape index (κ1) is 13.6. The Morgan fingerprint density at radius 1 is 1.35 bits per heavy atom. The maximum Gasteiger partial charge on any atom is 0.231 e. The minimum Gasteiger partial charge on any atom is -0.342 e. The van der Waals surface area contributed by atoms with E-state index in [1.165, 1.54) is 11.1 Å². The molecule has 0 aromatic heterocycles. The summed E-state index contributed by atoms with van der Waals surface area (Å²) >= 11 is 0. The minimum absolute atomic E-state index is 0.00543. The zero-order valence-corrected chi connectivity index (χ0v) is 12.4. The average molecular weight is 272 g/mol. The molecular weight excluding hydrogens is 248 g/mol. The molecule has 2 unspecified atom stereocenters. The zero-order chi connectivity index (χ0) is 14.1. The monoisotopic (exact) mass is 272 g/mol. The number of likely N-dealkylation sites (tertiary alicyclic amines) is 1. The van der Waals surface area contributed by atoms with Crippen LogP contribution in [-0.4, -0.2) is 30.4 Å². The summed E-state index contributed by atoms with van der Waals surface area (Å²) in [6.45, 7) is 8.05. The van der Waals surface area contributed by atoms with Gasteiger partial charge in [0.15, 0.2) is 0 Å². The summed E-state index contributed by atoms with van der Waals surface area (Å²) in [7, 11) is 0. The zero-order valence-electron chi connectivity index (χ0n) is 12.4.